The molecule has 0 heterocycles. The van der Waals surface area contributed by atoms with Crippen LogP contribution in [-0.2, 0) is 0 Å². The lowest BCUT2D eigenvalue weighted by molar-refractivity contribution is 0.226. The quantitative estimate of drug-likeness (QED) is 0.904. The van der Waals surface area contributed by atoms with Gasteiger partial charge in [0.05, 0.1) is 12.7 Å². The zero-order chi connectivity index (χ0) is 13.8. The molecule has 1 unspecified atom stereocenters. The van der Waals surface area contributed by atoms with Gasteiger partial charge in [-0.25, -0.2) is 4.39 Å². The van der Waals surface area contributed by atoms with Crippen molar-refractivity contribution in [3.05, 3.63) is 47.6 Å². The van der Waals surface area contributed by atoms with Crippen LogP contribution in [0.4, 0.5) is 8.78 Å². The van der Waals surface area contributed by atoms with Crippen LogP contribution in [0.3, 0.4) is 0 Å². The van der Waals surface area contributed by atoms with Crippen LogP contribution in [0.5, 0.6) is 5.75 Å². The summed E-state index contributed by atoms with van der Waals surface area (Å²) in [5, 5.41) is 9.32. The number of rotatable bonds is 4. The summed E-state index contributed by atoms with van der Waals surface area (Å²) in [6.07, 6.45) is 5.43. The van der Waals surface area contributed by atoms with Gasteiger partial charge in [0, 0.05) is 5.56 Å². The van der Waals surface area contributed by atoms with Gasteiger partial charge in [0.1, 0.15) is 0 Å². The van der Waals surface area contributed by atoms with Crippen LogP contribution in [0.25, 0.3) is 5.57 Å². The van der Waals surface area contributed by atoms with Crippen molar-refractivity contribution in [1.29, 1.82) is 0 Å². The molecule has 1 aliphatic carbocycles. The van der Waals surface area contributed by atoms with E-state index in [-0.39, 0.29) is 11.3 Å². The van der Waals surface area contributed by atoms with Crippen LogP contribution < -0.4 is 4.74 Å². The average Bonchev–Trinajstić information content (AvgIpc) is 2.42. The third-order valence-corrected chi connectivity index (χ3v) is 2.90. The molecule has 0 aliphatic heterocycles. The molecule has 1 aromatic carbocycles. The Labute approximate surface area is 111 Å². The van der Waals surface area contributed by atoms with Crippen molar-refractivity contribution in [2.75, 3.05) is 6.61 Å². The van der Waals surface area contributed by atoms with Crippen molar-refractivity contribution in [3.63, 3.8) is 0 Å². The summed E-state index contributed by atoms with van der Waals surface area (Å²) in [6, 6.07) is 2.93. The maximum absolute atomic E-state index is 14.0. The lowest BCUT2D eigenvalue weighted by atomic mass is 9.97. The second-order valence-electron chi connectivity index (χ2n) is 4.41. The number of hydrogen-bond donors (Lipinski definition) is 1. The van der Waals surface area contributed by atoms with Crippen LogP contribution in [0.1, 0.15) is 25.3 Å². The molecule has 19 heavy (non-hydrogen) atoms. The molecular weight excluding hydrogens is 250 g/mol. The minimum absolute atomic E-state index is 0.0662. The van der Waals surface area contributed by atoms with Crippen molar-refractivity contribution in [2.45, 2.75) is 25.9 Å². The highest BCUT2D eigenvalue weighted by atomic mass is 19.2. The van der Waals surface area contributed by atoms with Crippen molar-refractivity contribution in [3.8, 4) is 5.75 Å². The third kappa shape index (κ3) is 3.01. The Kier molecular flexibility index (Phi) is 4.32. The first-order valence-corrected chi connectivity index (χ1v) is 6.31. The Morgan fingerprint density at radius 1 is 1.32 bits per heavy atom. The Morgan fingerprint density at radius 3 is 2.74 bits per heavy atom. The number of allylic oxidation sites excluding steroid dienone is 2. The molecule has 0 amide bonds. The normalized spacial score (nSPS) is 18.3. The van der Waals surface area contributed by atoms with Gasteiger partial charge in [-0.15, -0.1) is 0 Å². The zero-order valence-corrected chi connectivity index (χ0v) is 10.7. The minimum atomic E-state index is -0.966. The molecule has 102 valence electrons. The van der Waals surface area contributed by atoms with E-state index in [1.54, 1.807) is 18.2 Å². The van der Waals surface area contributed by atoms with E-state index in [2.05, 4.69) is 0 Å². The molecule has 0 saturated carbocycles. The number of benzene rings is 1. The first-order valence-electron chi connectivity index (χ1n) is 6.31. The SMILES string of the molecule is CCCOc1ccc(C2=CCC(O)C=C2)c(F)c1F. The minimum Gasteiger partial charge on any atom is -0.490 e. The van der Waals surface area contributed by atoms with E-state index in [1.807, 2.05) is 6.92 Å². The summed E-state index contributed by atoms with van der Waals surface area (Å²) in [5.41, 5.74) is 0.758. The largest absolute Gasteiger partial charge is 0.490 e. The van der Waals surface area contributed by atoms with Gasteiger partial charge in [0.15, 0.2) is 11.6 Å². The van der Waals surface area contributed by atoms with Gasteiger partial charge in [-0.2, -0.15) is 4.39 Å². The fourth-order valence-electron chi connectivity index (χ4n) is 1.89. The van der Waals surface area contributed by atoms with Crippen LogP contribution in [0, 0.1) is 11.6 Å². The first-order chi connectivity index (χ1) is 9.13. The van der Waals surface area contributed by atoms with E-state index in [0.717, 1.165) is 6.42 Å². The molecule has 0 radical (unpaired) electrons. The van der Waals surface area contributed by atoms with Crippen LogP contribution >= 0.6 is 0 Å². The van der Waals surface area contributed by atoms with Crippen molar-refractivity contribution in [1.82, 2.24) is 0 Å². The molecule has 4 heteroatoms. The van der Waals surface area contributed by atoms with E-state index in [0.29, 0.717) is 18.6 Å². The lowest BCUT2D eigenvalue weighted by Crippen LogP contribution is -2.06. The smallest absolute Gasteiger partial charge is 0.201 e. The van der Waals surface area contributed by atoms with Crippen molar-refractivity contribution in [2.24, 2.45) is 0 Å². The second kappa shape index (κ2) is 5.97. The van der Waals surface area contributed by atoms with Crippen LogP contribution in [0.15, 0.2) is 30.4 Å². The summed E-state index contributed by atoms with van der Waals surface area (Å²) in [7, 11) is 0. The predicted molar refractivity (Wildman–Crippen MR) is 69.9 cm³/mol. The molecule has 1 aliphatic rings. The molecule has 2 rings (SSSR count). The third-order valence-electron chi connectivity index (χ3n) is 2.90. The number of ether oxygens (including phenoxy) is 1. The van der Waals surface area contributed by atoms with Gasteiger partial charge >= 0.3 is 0 Å². The molecule has 2 nitrogen and oxygen atoms in total. The van der Waals surface area contributed by atoms with Gasteiger partial charge in [0.2, 0.25) is 5.82 Å². The predicted octanol–water partition coefficient (Wildman–Crippen LogP) is 3.46. The molecule has 0 aromatic heterocycles. The van der Waals surface area contributed by atoms with Crippen molar-refractivity contribution < 1.29 is 18.6 Å². The molecule has 0 spiro atoms. The Morgan fingerprint density at radius 2 is 2.11 bits per heavy atom. The van der Waals surface area contributed by atoms with Crippen molar-refractivity contribution >= 4 is 5.57 Å². The topological polar surface area (TPSA) is 29.5 Å². The number of halogens is 2. The average molecular weight is 266 g/mol. The molecule has 0 saturated heterocycles. The highest BCUT2D eigenvalue weighted by molar-refractivity contribution is 5.75. The second-order valence-corrected chi connectivity index (χ2v) is 4.41. The highest BCUT2D eigenvalue weighted by Crippen LogP contribution is 2.29. The van der Waals surface area contributed by atoms with E-state index in [1.165, 1.54) is 12.1 Å². The maximum Gasteiger partial charge on any atom is 0.201 e. The zero-order valence-electron chi connectivity index (χ0n) is 10.7. The Hall–Kier alpha value is -1.68. The molecular formula is C15H16F2O2. The lowest BCUT2D eigenvalue weighted by Gasteiger charge is -2.14. The van der Waals surface area contributed by atoms with E-state index in [9.17, 15) is 13.9 Å². The molecule has 1 atom stereocenters. The standard InChI is InChI=1S/C15H16F2O2/c1-2-9-19-13-8-7-12(14(16)15(13)17)10-3-5-11(18)6-4-10/h3-5,7-8,11,18H,2,6,9H2,1H3. The number of aliphatic hydroxyl groups excluding tert-OH is 1. The van der Waals surface area contributed by atoms with Gasteiger partial charge in [0.25, 0.3) is 0 Å². The molecule has 0 fully saturated rings. The maximum atomic E-state index is 14.0. The van der Waals surface area contributed by atoms with Gasteiger partial charge < -0.3 is 9.84 Å². The fourth-order valence-corrected chi connectivity index (χ4v) is 1.89. The van der Waals surface area contributed by atoms with Gasteiger partial charge in [-0.1, -0.05) is 25.2 Å². The summed E-state index contributed by atoms with van der Waals surface area (Å²) in [5.74, 6) is -1.95. The Balaban J connectivity index is 2.29. The monoisotopic (exact) mass is 266 g/mol. The van der Waals surface area contributed by atoms with Crippen LogP contribution in [-0.4, -0.2) is 17.8 Å². The van der Waals surface area contributed by atoms with E-state index >= 15 is 0 Å². The van der Waals surface area contributed by atoms with Gasteiger partial charge in [-0.3, -0.25) is 0 Å². The van der Waals surface area contributed by atoms with E-state index < -0.39 is 17.7 Å². The number of hydrogen-bond acceptors (Lipinski definition) is 2. The summed E-state index contributed by atoms with van der Waals surface area (Å²) >= 11 is 0. The molecule has 1 aromatic rings. The van der Waals surface area contributed by atoms with E-state index in [4.69, 9.17) is 4.74 Å². The highest BCUT2D eigenvalue weighted by Gasteiger charge is 2.17. The summed E-state index contributed by atoms with van der Waals surface area (Å²) < 4.78 is 32.9. The van der Waals surface area contributed by atoms with Crippen LogP contribution in [0.2, 0.25) is 0 Å². The number of aliphatic hydroxyl groups is 1. The Bertz CT molecular complexity index is 521. The fraction of sp³-hybridized carbons (Fsp3) is 0.333. The summed E-state index contributed by atoms with van der Waals surface area (Å²) in [4.78, 5) is 0. The molecule has 1 N–H and O–H groups in total. The molecule has 0 bridgehead atoms. The first kappa shape index (κ1) is 13.7. The van der Waals surface area contributed by atoms with Gasteiger partial charge in [-0.05, 0) is 30.5 Å². The summed E-state index contributed by atoms with van der Waals surface area (Å²) in [6.45, 7) is 2.25.